The molecule has 0 aromatic heterocycles. The highest BCUT2D eigenvalue weighted by molar-refractivity contribution is 5.87. The van der Waals surface area contributed by atoms with Gasteiger partial charge in [-0.3, -0.25) is 0 Å². The molecule has 10 heavy (non-hydrogen) atoms. The molecule has 0 spiro atoms. The third-order valence-corrected chi connectivity index (χ3v) is 0.780. The van der Waals surface area contributed by atoms with E-state index in [0.29, 0.717) is 0 Å². The minimum atomic E-state index is -0.552. The lowest BCUT2D eigenvalue weighted by Gasteiger charge is -1.94. The topological polar surface area (TPSA) is 65.0 Å². The summed E-state index contributed by atoms with van der Waals surface area (Å²) in [5.74, 6) is -0.552. The average Bonchev–Trinajstić information content (AvgIpc) is 1.98. The van der Waals surface area contributed by atoms with Crippen LogP contribution < -0.4 is 0 Å². The molecule has 0 bridgehead atoms. The van der Waals surface area contributed by atoms with Crippen molar-refractivity contribution in [3.8, 4) is 0 Å². The van der Waals surface area contributed by atoms with E-state index in [2.05, 4.69) is 14.9 Å². The number of hydrogen-bond donors (Lipinski definition) is 0. The first-order valence-electron chi connectivity index (χ1n) is 2.46. The van der Waals surface area contributed by atoms with Crippen LogP contribution in [0.2, 0.25) is 0 Å². The number of esters is 1. The second-order valence-corrected chi connectivity index (χ2v) is 1.47. The van der Waals surface area contributed by atoms with Crippen LogP contribution in [0.5, 0.6) is 0 Å². The van der Waals surface area contributed by atoms with Gasteiger partial charge in [0.25, 0.3) is 0 Å². The summed E-state index contributed by atoms with van der Waals surface area (Å²) in [5, 5.41) is 2.06. The summed E-state index contributed by atoms with van der Waals surface area (Å²) in [6, 6.07) is 0. The molecule has 0 rings (SSSR count). The summed E-state index contributed by atoms with van der Waals surface area (Å²) in [4.78, 5) is 23.8. The molecular formula is C5H7NO4. The van der Waals surface area contributed by atoms with Gasteiger partial charge in [-0.25, -0.2) is 4.79 Å². The Bertz CT molecular complexity index is 163. The molecule has 0 N–H and O–H groups in total. The number of ether oxygens (including phenoxy) is 1. The quantitative estimate of drug-likeness (QED) is 0.193. The van der Waals surface area contributed by atoms with Crippen LogP contribution in [0.4, 0.5) is 0 Å². The van der Waals surface area contributed by atoms with Crippen LogP contribution in [0.3, 0.4) is 0 Å². The van der Waals surface area contributed by atoms with Gasteiger partial charge in [-0.1, -0.05) is 0 Å². The van der Waals surface area contributed by atoms with Crippen molar-refractivity contribution in [2.24, 2.45) is 5.34 Å². The van der Waals surface area contributed by atoms with E-state index in [1.165, 1.54) is 14.0 Å². The van der Waals surface area contributed by atoms with E-state index >= 15 is 0 Å². The van der Waals surface area contributed by atoms with Crippen molar-refractivity contribution in [1.82, 2.24) is 0 Å². The van der Waals surface area contributed by atoms with Crippen molar-refractivity contribution >= 4 is 5.97 Å². The zero-order valence-electron chi connectivity index (χ0n) is 5.66. The Labute approximate surface area is 57.5 Å². The number of methoxy groups -OCH3 is 1. The summed E-state index contributed by atoms with van der Waals surface area (Å²) >= 11 is 0. The Hall–Kier alpha value is -1.39. The van der Waals surface area contributed by atoms with E-state index in [9.17, 15) is 9.70 Å². The third-order valence-electron chi connectivity index (χ3n) is 0.780. The van der Waals surface area contributed by atoms with Crippen LogP contribution in [-0.4, -0.2) is 13.1 Å². The Morgan fingerprint density at radius 1 is 1.60 bits per heavy atom. The first-order valence-corrected chi connectivity index (χ1v) is 2.46. The van der Waals surface area contributed by atoms with E-state index < -0.39 is 5.97 Å². The molecule has 0 amide bonds. The molecule has 0 atom stereocenters. The minimum absolute atomic E-state index is 0.183. The molecule has 56 valence electrons. The maximum Gasteiger partial charge on any atom is 0.336 e. The SMILES string of the molecule is COC(=O)C(C)=CON=O. The number of carbonyl (C=O) groups is 1. The van der Waals surface area contributed by atoms with E-state index in [0.717, 1.165) is 6.26 Å². The Morgan fingerprint density at radius 3 is 2.60 bits per heavy atom. The lowest BCUT2D eigenvalue weighted by atomic mass is 10.3. The highest BCUT2D eigenvalue weighted by Crippen LogP contribution is 1.95. The maximum atomic E-state index is 10.5. The largest absolute Gasteiger partial charge is 0.466 e. The van der Waals surface area contributed by atoms with Crippen molar-refractivity contribution in [2.45, 2.75) is 6.92 Å². The van der Waals surface area contributed by atoms with E-state index in [-0.39, 0.29) is 5.57 Å². The Morgan fingerprint density at radius 2 is 2.20 bits per heavy atom. The predicted octanol–water partition coefficient (Wildman–Crippen LogP) is 0.761. The van der Waals surface area contributed by atoms with Gasteiger partial charge in [0.05, 0.1) is 12.7 Å². The molecule has 0 fully saturated rings. The molecule has 0 aliphatic heterocycles. The third kappa shape index (κ3) is 2.81. The van der Waals surface area contributed by atoms with Crippen LogP contribution in [0.15, 0.2) is 17.2 Å². The molecule has 5 nitrogen and oxygen atoms in total. The number of carbonyl (C=O) groups excluding carboxylic acids is 1. The molecule has 0 radical (unpaired) electrons. The molecule has 0 saturated heterocycles. The molecule has 5 heteroatoms. The van der Waals surface area contributed by atoms with Crippen molar-refractivity contribution in [3.05, 3.63) is 16.7 Å². The molecule has 0 heterocycles. The predicted molar refractivity (Wildman–Crippen MR) is 32.7 cm³/mol. The highest BCUT2D eigenvalue weighted by Gasteiger charge is 2.01. The van der Waals surface area contributed by atoms with E-state index in [4.69, 9.17) is 0 Å². The monoisotopic (exact) mass is 145 g/mol. The summed E-state index contributed by atoms with van der Waals surface area (Å²) in [5.41, 5.74) is 0.183. The van der Waals surface area contributed by atoms with Gasteiger partial charge in [0.15, 0.2) is 5.34 Å². The Kier molecular flexibility index (Phi) is 3.86. The van der Waals surface area contributed by atoms with Gasteiger partial charge in [-0.2, -0.15) is 0 Å². The van der Waals surface area contributed by atoms with Gasteiger partial charge < -0.3 is 9.57 Å². The normalized spacial score (nSPS) is 10.4. The summed E-state index contributed by atoms with van der Waals surface area (Å²) in [6.07, 6.45) is 0.916. The van der Waals surface area contributed by atoms with Crippen LogP contribution in [0.25, 0.3) is 0 Å². The minimum Gasteiger partial charge on any atom is -0.466 e. The summed E-state index contributed by atoms with van der Waals surface area (Å²) < 4.78 is 4.28. The Balaban J connectivity index is 3.91. The van der Waals surface area contributed by atoms with Gasteiger partial charge in [0.2, 0.25) is 0 Å². The highest BCUT2D eigenvalue weighted by atomic mass is 16.7. The van der Waals surface area contributed by atoms with Gasteiger partial charge >= 0.3 is 5.97 Å². The molecule has 0 aliphatic carbocycles. The lowest BCUT2D eigenvalue weighted by Crippen LogP contribution is -2.01. The first-order chi connectivity index (χ1) is 4.72. The van der Waals surface area contributed by atoms with Crippen LogP contribution >= 0.6 is 0 Å². The van der Waals surface area contributed by atoms with Crippen molar-refractivity contribution in [2.75, 3.05) is 7.11 Å². The zero-order valence-corrected chi connectivity index (χ0v) is 5.66. The molecular weight excluding hydrogens is 138 g/mol. The van der Waals surface area contributed by atoms with Gasteiger partial charge in [0, 0.05) is 0 Å². The molecule has 0 aliphatic rings. The van der Waals surface area contributed by atoms with Crippen molar-refractivity contribution in [3.63, 3.8) is 0 Å². The molecule has 0 aromatic rings. The summed E-state index contributed by atoms with van der Waals surface area (Å²) in [6.45, 7) is 1.44. The van der Waals surface area contributed by atoms with E-state index in [1.807, 2.05) is 0 Å². The van der Waals surface area contributed by atoms with Gasteiger partial charge in [0.1, 0.15) is 6.26 Å². The summed E-state index contributed by atoms with van der Waals surface area (Å²) in [7, 11) is 1.23. The van der Waals surface area contributed by atoms with Crippen LogP contribution in [0.1, 0.15) is 6.92 Å². The molecule has 0 unspecified atom stereocenters. The number of nitrogens with zero attached hydrogens (tertiary/aromatic N) is 1. The maximum absolute atomic E-state index is 10.5. The van der Waals surface area contributed by atoms with E-state index in [1.54, 1.807) is 0 Å². The lowest BCUT2D eigenvalue weighted by molar-refractivity contribution is -0.136. The van der Waals surface area contributed by atoms with Crippen molar-refractivity contribution in [1.29, 1.82) is 0 Å². The second-order valence-electron chi connectivity index (χ2n) is 1.47. The fraction of sp³-hybridized carbons (Fsp3) is 0.400. The molecule has 0 aromatic carbocycles. The number of rotatable bonds is 3. The van der Waals surface area contributed by atoms with Gasteiger partial charge in [-0.15, -0.1) is 4.91 Å². The second kappa shape index (κ2) is 4.49. The van der Waals surface area contributed by atoms with Crippen LogP contribution in [-0.2, 0) is 14.4 Å². The smallest absolute Gasteiger partial charge is 0.336 e. The number of hydrogen-bond acceptors (Lipinski definition) is 5. The standard InChI is InChI=1S/C5H7NO4/c1-4(3-10-6-8)5(7)9-2/h3H,1-2H3. The average molecular weight is 145 g/mol. The van der Waals surface area contributed by atoms with Gasteiger partial charge in [-0.05, 0) is 6.92 Å². The first kappa shape index (κ1) is 8.61. The fourth-order valence-corrected chi connectivity index (χ4v) is 0.310. The van der Waals surface area contributed by atoms with Crippen molar-refractivity contribution < 1.29 is 14.4 Å². The van der Waals surface area contributed by atoms with Crippen LogP contribution in [0, 0.1) is 4.91 Å². The fourth-order valence-electron chi connectivity index (χ4n) is 0.310. The zero-order chi connectivity index (χ0) is 7.98. The molecule has 0 saturated carbocycles.